The number of ether oxygens (including phenoxy) is 1. The van der Waals surface area contributed by atoms with E-state index in [9.17, 15) is 14.4 Å². The minimum Gasteiger partial charge on any atom is -0.497 e. The van der Waals surface area contributed by atoms with Gasteiger partial charge in [-0.05, 0) is 50.6 Å². The first kappa shape index (κ1) is 20.6. The van der Waals surface area contributed by atoms with Gasteiger partial charge in [-0.2, -0.15) is 0 Å². The Labute approximate surface area is 171 Å². The number of carbonyl (C=O) groups excluding carboxylic acids is 3. The molecule has 0 aromatic heterocycles. The first-order chi connectivity index (χ1) is 13.7. The van der Waals surface area contributed by atoms with E-state index in [0.29, 0.717) is 11.3 Å². The summed E-state index contributed by atoms with van der Waals surface area (Å²) in [5, 5.41) is 0. The van der Waals surface area contributed by atoms with Crippen LogP contribution >= 0.6 is 0 Å². The second-order valence-corrected chi connectivity index (χ2v) is 8.11. The second kappa shape index (κ2) is 8.07. The lowest BCUT2D eigenvalue weighted by atomic mass is 10.0. The van der Waals surface area contributed by atoms with Gasteiger partial charge >= 0.3 is 6.03 Å². The van der Waals surface area contributed by atoms with Gasteiger partial charge in [0.1, 0.15) is 11.8 Å². The van der Waals surface area contributed by atoms with Crippen LogP contribution in [-0.4, -0.2) is 46.2 Å². The summed E-state index contributed by atoms with van der Waals surface area (Å²) in [6, 6.07) is 15.0. The number of ketones is 1. The lowest BCUT2D eigenvalue weighted by Crippen LogP contribution is -2.46. The summed E-state index contributed by atoms with van der Waals surface area (Å²) in [5.41, 5.74) is 0.729. The van der Waals surface area contributed by atoms with Gasteiger partial charge in [0.25, 0.3) is 5.91 Å². The minimum absolute atomic E-state index is 0.0592. The van der Waals surface area contributed by atoms with Gasteiger partial charge in [0.2, 0.25) is 0 Å². The van der Waals surface area contributed by atoms with Crippen molar-refractivity contribution in [1.29, 1.82) is 0 Å². The van der Waals surface area contributed by atoms with Crippen LogP contribution in [0, 0.1) is 0 Å². The quantitative estimate of drug-likeness (QED) is 0.551. The Hall–Kier alpha value is -3.15. The Morgan fingerprint density at radius 1 is 1.00 bits per heavy atom. The number of amides is 3. The van der Waals surface area contributed by atoms with Crippen LogP contribution < -0.4 is 4.74 Å². The van der Waals surface area contributed by atoms with Crippen molar-refractivity contribution in [1.82, 2.24) is 9.80 Å². The lowest BCUT2D eigenvalue weighted by Gasteiger charge is -2.29. The average molecular weight is 394 g/mol. The highest BCUT2D eigenvalue weighted by molar-refractivity contribution is 6.08. The summed E-state index contributed by atoms with van der Waals surface area (Å²) >= 11 is 0. The summed E-state index contributed by atoms with van der Waals surface area (Å²) < 4.78 is 5.12. The molecule has 1 fully saturated rings. The van der Waals surface area contributed by atoms with Crippen LogP contribution in [0.5, 0.6) is 5.75 Å². The van der Waals surface area contributed by atoms with E-state index in [1.807, 2.05) is 51.1 Å². The number of imide groups is 1. The van der Waals surface area contributed by atoms with Gasteiger partial charge in [0, 0.05) is 24.1 Å². The number of carbonyl (C=O) groups is 3. The fourth-order valence-electron chi connectivity index (χ4n) is 3.48. The molecule has 3 rings (SSSR count). The highest BCUT2D eigenvalue weighted by Gasteiger charge is 2.49. The van der Waals surface area contributed by atoms with E-state index < -0.39 is 11.6 Å². The Bertz CT molecular complexity index is 901. The van der Waals surface area contributed by atoms with Crippen molar-refractivity contribution in [2.24, 2.45) is 0 Å². The molecule has 2 aromatic rings. The van der Waals surface area contributed by atoms with Crippen LogP contribution in [0.25, 0.3) is 0 Å². The van der Waals surface area contributed by atoms with Crippen LogP contribution in [0.3, 0.4) is 0 Å². The summed E-state index contributed by atoms with van der Waals surface area (Å²) in [7, 11) is 1.56. The molecule has 3 amide bonds. The normalized spacial score (nSPS) is 17.0. The molecule has 2 aromatic carbocycles. The van der Waals surface area contributed by atoms with Gasteiger partial charge in [-0.15, -0.1) is 0 Å². The number of hydrogen-bond acceptors (Lipinski definition) is 4. The Balaban J connectivity index is 1.88. The maximum atomic E-state index is 13.1. The first-order valence-electron chi connectivity index (χ1n) is 9.58. The van der Waals surface area contributed by atoms with Crippen LogP contribution in [0.2, 0.25) is 0 Å². The van der Waals surface area contributed by atoms with E-state index in [1.165, 1.54) is 9.80 Å². The van der Waals surface area contributed by atoms with Crippen molar-refractivity contribution >= 4 is 17.7 Å². The van der Waals surface area contributed by atoms with E-state index in [4.69, 9.17) is 4.74 Å². The average Bonchev–Trinajstić information content (AvgIpc) is 2.92. The van der Waals surface area contributed by atoms with Gasteiger partial charge in [-0.1, -0.05) is 30.3 Å². The Morgan fingerprint density at radius 3 is 2.17 bits per heavy atom. The van der Waals surface area contributed by atoms with E-state index in [-0.39, 0.29) is 30.7 Å². The van der Waals surface area contributed by atoms with E-state index in [2.05, 4.69) is 0 Å². The molecule has 1 saturated heterocycles. The zero-order valence-electron chi connectivity index (χ0n) is 17.2. The van der Waals surface area contributed by atoms with Crippen LogP contribution in [0.4, 0.5) is 4.79 Å². The molecule has 29 heavy (non-hydrogen) atoms. The molecule has 1 atom stereocenters. The second-order valence-electron chi connectivity index (χ2n) is 8.11. The summed E-state index contributed by atoms with van der Waals surface area (Å²) in [6.45, 7) is 5.73. The maximum Gasteiger partial charge on any atom is 0.328 e. The summed E-state index contributed by atoms with van der Waals surface area (Å²) in [5.74, 6) is 0.131. The number of Topliss-reactive ketones (excluding diaryl/α,β-unsaturated/α-hetero) is 1. The van der Waals surface area contributed by atoms with E-state index in [0.717, 1.165) is 5.56 Å². The number of urea groups is 1. The molecule has 0 bridgehead atoms. The molecule has 0 saturated carbocycles. The number of hydrogen-bond donors (Lipinski definition) is 0. The molecule has 6 heteroatoms. The van der Waals surface area contributed by atoms with Crippen molar-refractivity contribution in [3.63, 3.8) is 0 Å². The largest absolute Gasteiger partial charge is 0.497 e. The molecule has 0 aliphatic carbocycles. The summed E-state index contributed by atoms with van der Waals surface area (Å²) in [4.78, 5) is 41.8. The van der Waals surface area contributed by atoms with Crippen molar-refractivity contribution in [2.45, 2.75) is 45.3 Å². The first-order valence-corrected chi connectivity index (χ1v) is 9.58. The molecular weight excluding hydrogens is 368 g/mol. The third-order valence-electron chi connectivity index (χ3n) is 4.98. The van der Waals surface area contributed by atoms with Crippen molar-refractivity contribution in [3.05, 3.63) is 65.7 Å². The van der Waals surface area contributed by atoms with Gasteiger partial charge in [0.05, 0.1) is 7.11 Å². The predicted molar refractivity (Wildman–Crippen MR) is 110 cm³/mol. The highest BCUT2D eigenvalue weighted by Crippen LogP contribution is 2.30. The van der Waals surface area contributed by atoms with Gasteiger partial charge in [0.15, 0.2) is 5.78 Å². The van der Waals surface area contributed by atoms with Gasteiger partial charge in [-0.25, -0.2) is 4.79 Å². The molecule has 1 aliphatic rings. The molecule has 0 N–H and O–H groups in total. The monoisotopic (exact) mass is 394 g/mol. The molecule has 1 aliphatic heterocycles. The Kier molecular flexibility index (Phi) is 5.73. The smallest absolute Gasteiger partial charge is 0.328 e. The van der Waals surface area contributed by atoms with E-state index in [1.54, 1.807) is 31.4 Å². The van der Waals surface area contributed by atoms with E-state index >= 15 is 0 Å². The number of nitrogens with zero attached hydrogens (tertiary/aromatic N) is 2. The molecule has 0 spiro atoms. The minimum atomic E-state index is -0.823. The molecule has 6 nitrogen and oxygen atoms in total. The topological polar surface area (TPSA) is 66.9 Å². The third-order valence-corrected chi connectivity index (χ3v) is 4.98. The standard InChI is InChI=1S/C23H26N2O4/c1-23(2,3)25-21(27)19(14-20(26)17-10-12-18(29-4)13-11-17)24(22(25)28)15-16-8-6-5-7-9-16/h5-13,19H,14-15H2,1-4H3. The maximum absolute atomic E-state index is 13.1. The summed E-state index contributed by atoms with van der Waals surface area (Å²) in [6.07, 6.45) is -0.0592. The highest BCUT2D eigenvalue weighted by atomic mass is 16.5. The van der Waals surface area contributed by atoms with Gasteiger partial charge in [-0.3, -0.25) is 14.5 Å². The fraction of sp³-hybridized carbons (Fsp3) is 0.348. The van der Waals surface area contributed by atoms with Gasteiger partial charge < -0.3 is 9.64 Å². The Morgan fingerprint density at radius 2 is 1.62 bits per heavy atom. The zero-order chi connectivity index (χ0) is 21.2. The number of methoxy groups -OCH3 is 1. The molecule has 1 unspecified atom stereocenters. The molecule has 0 radical (unpaired) electrons. The molecule has 1 heterocycles. The third kappa shape index (κ3) is 4.31. The van der Waals surface area contributed by atoms with Crippen LogP contribution in [0.1, 0.15) is 43.1 Å². The lowest BCUT2D eigenvalue weighted by molar-refractivity contribution is -0.131. The van der Waals surface area contributed by atoms with Crippen molar-refractivity contribution in [2.75, 3.05) is 7.11 Å². The SMILES string of the molecule is COc1ccc(C(=O)CC2C(=O)N(C(C)(C)C)C(=O)N2Cc2ccccc2)cc1. The van der Waals surface area contributed by atoms with Crippen molar-refractivity contribution < 1.29 is 19.1 Å². The number of rotatable bonds is 6. The fourth-order valence-corrected chi connectivity index (χ4v) is 3.48. The predicted octanol–water partition coefficient (Wildman–Crippen LogP) is 3.90. The molecular formula is C23H26N2O4. The van der Waals surface area contributed by atoms with Crippen molar-refractivity contribution in [3.8, 4) is 5.75 Å². The number of benzene rings is 2. The zero-order valence-corrected chi connectivity index (χ0v) is 17.2. The van der Waals surface area contributed by atoms with Crippen LogP contribution in [0.15, 0.2) is 54.6 Å². The molecule has 152 valence electrons. The van der Waals surface area contributed by atoms with Crippen LogP contribution in [-0.2, 0) is 11.3 Å².